The molecular weight excluding hydrogens is 389 g/mol. The highest BCUT2D eigenvalue weighted by atomic mass is 19.1. The maximum absolute atomic E-state index is 13.7. The summed E-state index contributed by atoms with van der Waals surface area (Å²) in [7, 11) is 0. The number of carbonyl (C=O) groups excluding carboxylic acids is 1. The summed E-state index contributed by atoms with van der Waals surface area (Å²) in [5.41, 5.74) is 3.51. The Labute approximate surface area is 183 Å². The molecule has 1 heterocycles. The maximum Gasteiger partial charge on any atom is 0.251 e. The van der Waals surface area contributed by atoms with Crippen molar-refractivity contribution in [3.63, 3.8) is 0 Å². The number of benzene rings is 3. The van der Waals surface area contributed by atoms with Crippen molar-refractivity contribution < 1.29 is 9.18 Å². The first-order valence-electron chi connectivity index (χ1n) is 10.8. The summed E-state index contributed by atoms with van der Waals surface area (Å²) in [5, 5.41) is 6.45. The third-order valence-corrected chi connectivity index (χ3v) is 5.82. The molecule has 1 aliphatic rings. The fourth-order valence-electron chi connectivity index (χ4n) is 3.94. The summed E-state index contributed by atoms with van der Waals surface area (Å²) in [6.45, 7) is 3.06. The molecule has 0 aliphatic carbocycles. The molecule has 1 amide bonds. The van der Waals surface area contributed by atoms with Crippen LogP contribution in [0.1, 0.15) is 34.3 Å². The molecule has 4 rings (SSSR count). The second kappa shape index (κ2) is 10.2. The summed E-state index contributed by atoms with van der Waals surface area (Å²) in [4.78, 5) is 14.8. The van der Waals surface area contributed by atoms with E-state index in [0.29, 0.717) is 17.2 Å². The Kier molecular flexibility index (Phi) is 6.95. The van der Waals surface area contributed by atoms with E-state index in [1.165, 1.54) is 11.6 Å². The quantitative estimate of drug-likeness (QED) is 0.594. The summed E-state index contributed by atoms with van der Waals surface area (Å²) >= 11 is 0. The van der Waals surface area contributed by atoms with E-state index in [1.807, 2.05) is 30.3 Å². The van der Waals surface area contributed by atoms with Gasteiger partial charge in [-0.15, -0.1) is 0 Å². The summed E-state index contributed by atoms with van der Waals surface area (Å²) in [6.07, 6.45) is 2.19. The van der Waals surface area contributed by atoms with Crippen LogP contribution in [0.25, 0.3) is 0 Å². The zero-order valence-electron chi connectivity index (χ0n) is 17.6. The summed E-state index contributed by atoms with van der Waals surface area (Å²) in [6, 6.07) is 25.2. The molecule has 1 aliphatic heterocycles. The Hall–Kier alpha value is -3.18. The fraction of sp³-hybridized carbons (Fsp3) is 0.269. The van der Waals surface area contributed by atoms with Crippen LogP contribution in [0.15, 0.2) is 78.9 Å². The molecule has 0 radical (unpaired) electrons. The van der Waals surface area contributed by atoms with Crippen LogP contribution in [0, 0.1) is 5.82 Å². The molecule has 1 fully saturated rings. The lowest BCUT2D eigenvalue weighted by Crippen LogP contribution is -2.42. The van der Waals surface area contributed by atoms with Crippen molar-refractivity contribution in [3.8, 4) is 0 Å². The Morgan fingerprint density at radius 3 is 2.26 bits per heavy atom. The molecule has 0 spiro atoms. The van der Waals surface area contributed by atoms with Gasteiger partial charge in [-0.3, -0.25) is 4.79 Å². The van der Waals surface area contributed by atoms with Gasteiger partial charge in [-0.2, -0.15) is 0 Å². The van der Waals surface area contributed by atoms with Crippen molar-refractivity contribution >= 4 is 11.6 Å². The Morgan fingerprint density at radius 2 is 1.55 bits per heavy atom. The number of nitrogens with one attached hydrogen (secondary N) is 2. The minimum absolute atomic E-state index is 0.177. The predicted molar refractivity (Wildman–Crippen MR) is 123 cm³/mol. The monoisotopic (exact) mass is 417 g/mol. The zero-order chi connectivity index (χ0) is 21.5. The second-order valence-electron chi connectivity index (χ2n) is 7.95. The van der Waals surface area contributed by atoms with Crippen LogP contribution < -0.4 is 15.5 Å². The van der Waals surface area contributed by atoms with Crippen LogP contribution in [-0.4, -0.2) is 25.0 Å². The van der Waals surface area contributed by atoms with Crippen molar-refractivity contribution in [2.75, 3.05) is 18.0 Å². The molecule has 0 atom stereocenters. The number of anilines is 1. The van der Waals surface area contributed by atoms with E-state index in [4.69, 9.17) is 0 Å². The van der Waals surface area contributed by atoms with Gasteiger partial charge in [0.25, 0.3) is 5.91 Å². The number of carbonyl (C=O) groups is 1. The van der Waals surface area contributed by atoms with Crippen LogP contribution in [0.2, 0.25) is 0 Å². The lowest BCUT2D eigenvalue weighted by Gasteiger charge is -2.34. The van der Waals surface area contributed by atoms with Crippen molar-refractivity contribution in [1.82, 2.24) is 10.6 Å². The topological polar surface area (TPSA) is 44.4 Å². The maximum atomic E-state index is 13.7. The highest BCUT2D eigenvalue weighted by Gasteiger charge is 2.19. The largest absolute Gasteiger partial charge is 0.371 e. The van der Waals surface area contributed by atoms with Gasteiger partial charge in [0, 0.05) is 49.0 Å². The first-order valence-corrected chi connectivity index (χ1v) is 10.8. The fourth-order valence-corrected chi connectivity index (χ4v) is 3.94. The van der Waals surface area contributed by atoms with E-state index >= 15 is 0 Å². The van der Waals surface area contributed by atoms with Gasteiger partial charge in [0.05, 0.1) is 0 Å². The average Bonchev–Trinajstić information content (AvgIpc) is 2.83. The summed E-state index contributed by atoms with van der Waals surface area (Å²) < 4.78 is 13.7. The Bertz CT molecular complexity index is 983. The highest BCUT2D eigenvalue weighted by molar-refractivity contribution is 5.94. The molecule has 4 nitrogen and oxygen atoms in total. The van der Waals surface area contributed by atoms with Gasteiger partial charge in [-0.05, 0) is 48.7 Å². The third-order valence-electron chi connectivity index (χ3n) is 5.82. The number of nitrogens with zero attached hydrogens (tertiary/aromatic N) is 1. The van der Waals surface area contributed by atoms with Gasteiger partial charge in [-0.25, -0.2) is 4.39 Å². The first-order chi connectivity index (χ1) is 15.2. The molecule has 0 saturated carbocycles. The van der Waals surface area contributed by atoms with Crippen molar-refractivity contribution in [3.05, 3.63) is 101 Å². The number of amides is 1. The van der Waals surface area contributed by atoms with Crippen molar-refractivity contribution in [2.24, 2.45) is 0 Å². The van der Waals surface area contributed by atoms with E-state index in [-0.39, 0.29) is 18.3 Å². The van der Waals surface area contributed by atoms with E-state index in [2.05, 4.69) is 39.8 Å². The Morgan fingerprint density at radius 1 is 0.871 bits per heavy atom. The smallest absolute Gasteiger partial charge is 0.251 e. The molecule has 160 valence electrons. The van der Waals surface area contributed by atoms with Crippen LogP contribution in [0.5, 0.6) is 0 Å². The SMILES string of the molecule is O=C(NCc1ccccc1F)c1ccc(N2CCC(NCc3ccccc3)CC2)cc1. The lowest BCUT2D eigenvalue weighted by atomic mass is 10.0. The van der Waals surface area contributed by atoms with Crippen LogP contribution >= 0.6 is 0 Å². The molecule has 0 aromatic heterocycles. The number of hydrogen-bond acceptors (Lipinski definition) is 3. The Balaban J connectivity index is 1.25. The molecule has 3 aromatic carbocycles. The normalized spacial score (nSPS) is 14.4. The second-order valence-corrected chi connectivity index (χ2v) is 7.95. The van der Waals surface area contributed by atoms with Gasteiger partial charge in [0.1, 0.15) is 5.82 Å². The molecule has 2 N–H and O–H groups in total. The molecule has 0 bridgehead atoms. The first kappa shape index (κ1) is 21.1. The van der Waals surface area contributed by atoms with Gasteiger partial charge >= 0.3 is 0 Å². The van der Waals surface area contributed by atoms with E-state index in [1.54, 1.807) is 18.2 Å². The van der Waals surface area contributed by atoms with Crippen LogP contribution in [0.3, 0.4) is 0 Å². The molecule has 1 saturated heterocycles. The van der Waals surface area contributed by atoms with Crippen LogP contribution in [0.4, 0.5) is 10.1 Å². The predicted octanol–water partition coefficient (Wildman–Crippen LogP) is 4.51. The summed E-state index contributed by atoms with van der Waals surface area (Å²) in [5.74, 6) is -0.501. The molecule has 31 heavy (non-hydrogen) atoms. The minimum atomic E-state index is -0.306. The number of piperidine rings is 1. The number of rotatable bonds is 7. The highest BCUT2D eigenvalue weighted by Crippen LogP contribution is 2.21. The van der Waals surface area contributed by atoms with E-state index in [9.17, 15) is 9.18 Å². The van der Waals surface area contributed by atoms with E-state index < -0.39 is 0 Å². The number of halogens is 1. The number of hydrogen-bond donors (Lipinski definition) is 2. The van der Waals surface area contributed by atoms with Gasteiger partial charge in [0.15, 0.2) is 0 Å². The molecule has 0 unspecified atom stereocenters. The van der Waals surface area contributed by atoms with Crippen molar-refractivity contribution in [2.45, 2.75) is 32.0 Å². The molecular formula is C26H28FN3O. The standard InChI is InChI=1S/C26H28FN3O/c27-25-9-5-4-8-22(25)19-29-26(31)21-10-12-24(13-11-21)30-16-14-23(15-17-30)28-18-20-6-2-1-3-7-20/h1-13,23,28H,14-19H2,(H,29,31). The van der Waals surface area contributed by atoms with Gasteiger partial charge < -0.3 is 15.5 Å². The lowest BCUT2D eigenvalue weighted by molar-refractivity contribution is 0.0950. The zero-order valence-corrected chi connectivity index (χ0v) is 17.6. The van der Waals surface area contributed by atoms with Gasteiger partial charge in [0.2, 0.25) is 0 Å². The molecule has 3 aromatic rings. The van der Waals surface area contributed by atoms with Crippen LogP contribution in [-0.2, 0) is 13.1 Å². The van der Waals surface area contributed by atoms with Gasteiger partial charge in [-0.1, -0.05) is 48.5 Å². The van der Waals surface area contributed by atoms with E-state index in [0.717, 1.165) is 38.2 Å². The third kappa shape index (κ3) is 5.70. The average molecular weight is 418 g/mol. The molecule has 5 heteroatoms. The van der Waals surface area contributed by atoms with Crippen molar-refractivity contribution in [1.29, 1.82) is 0 Å². The minimum Gasteiger partial charge on any atom is -0.371 e.